The second-order valence-electron chi connectivity index (χ2n) is 7.37. The number of hydrogen-bond acceptors (Lipinski definition) is 3. The zero-order chi connectivity index (χ0) is 16.6. The monoisotopic (exact) mass is 327 g/mol. The Morgan fingerprint density at radius 2 is 2.21 bits per heavy atom. The van der Waals surface area contributed by atoms with E-state index in [1.165, 1.54) is 19.3 Å². The summed E-state index contributed by atoms with van der Waals surface area (Å²) in [5.41, 5.74) is 2.99. The van der Waals surface area contributed by atoms with Gasteiger partial charge < -0.3 is 15.0 Å². The maximum Gasteiger partial charge on any atom is 0.224 e. The van der Waals surface area contributed by atoms with Crippen LogP contribution in [0.1, 0.15) is 49.9 Å². The van der Waals surface area contributed by atoms with Gasteiger partial charge in [0, 0.05) is 0 Å². The minimum atomic E-state index is 0.0442. The quantitative estimate of drug-likeness (QED) is 0.910. The van der Waals surface area contributed by atoms with Crippen molar-refractivity contribution >= 4 is 16.9 Å². The molecule has 1 atom stereocenters. The van der Waals surface area contributed by atoms with Crippen LogP contribution in [0, 0.1) is 6.92 Å². The number of H-pyrrole nitrogens is 1. The van der Waals surface area contributed by atoms with Crippen LogP contribution < -0.4 is 5.32 Å². The van der Waals surface area contributed by atoms with Gasteiger partial charge in [0.2, 0.25) is 5.91 Å². The average molecular weight is 327 g/mol. The first-order valence-corrected chi connectivity index (χ1v) is 9.01. The highest BCUT2D eigenvalue weighted by atomic mass is 16.5. The Labute approximate surface area is 142 Å². The molecule has 2 heterocycles. The fourth-order valence-corrected chi connectivity index (χ4v) is 4.24. The van der Waals surface area contributed by atoms with Crippen LogP contribution >= 0.6 is 0 Å². The number of ether oxygens (including phenoxy) is 1. The Balaban J connectivity index is 1.36. The summed E-state index contributed by atoms with van der Waals surface area (Å²) in [6.45, 7) is 2.60. The number of nitrogens with one attached hydrogen (secondary N) is 2. The highest BCUT2D eigenvalue weighted by Gasteiger charge is 2.41. The molecule has 0 radical (unpaired) electrons. The van der Waals surface area contributed by atoms with Crippen LogP contribution in [-0.4, -0.2) is 34.1 Å². The van der Waals surface area contributed by atoms with Crippen molar-refractivity contribution in [2.75, 3.05) is 6.61 Å². The summed E-state index contributed by atoms with van der Waals surface area (Å²) >= 11 is 0. The lowest BCUT2D eigenvalue weighted by atomic mass is 9.82. The van der Waals surface area contributed by atoms with Crippen molar-refractivity contribution in [3.05, 3.63) is 29.6 Å². The largest absolute Gasteiger partial charge is 0.373 e. The Hall–Kier alpha value is -1.88. The SMILES string of the molecule is Cc1nc2ccc(CC(=O)N[C@H]3COC4(CCCCC4)C3)cc2[nH]1. The third kappa shape index (κ3) is 3.18. The van der Waals surface area contributed by atoms with Crippen molar-refractivity contribution in [1.82, 2.24) is 15.3 Å². The molecule has 5 heteroatoms. The predicted octanol–water partition coefficient (Wildman–Crippen LogP) is 3.02. The number of hydrogen-bond donors (Lipinski definition) is 2. The number of rotatable bonds is 3. The standard InChI is InChI=1S/C19H25N3O2/c1-13-20-16-6-5-14(9-17(16)21-13)10-18(23)22-15-11-19(24-12-15)7-3-2-4-8-19/h5-6,9,15H,2-4,7-8,10-12H2,1H3,(H,20,21)(H,22,23)/t15-/m1/s1. The number of nitrogens with zero attached hydrogens (tertiary/aromatic N) is 1. The van der Waals surface area contributed by atoms with E-state index in [4.69, 9.17) is 4.74 Å². The van der Waals surface area contributed by atoms with Crippen LogP contribution in [0.3, 0.4) is 0 Å². The van der Waals surface area contributed by atoms with Gasteiger partial charge in [-0.25, -0.2) is 4.98 Å². The Bertz CT molecular complexity index is 746. The van der Waals surface area contributed by atoms with Crippen LogP contribution in [0.5, 0.6) is 0 Å². The van der Waals surface area contributed by atoms with E-state index in [1.54, 1.807) is 0 Å². The molecule has 1 aliphatic heterocycles. The number of fused-ring (bicyclic) bond motifs is 1. The molecule has 1 saturated carbocycles. The maximum atomic E-state index is 12.4. The van der Waals surface area contributed by atoms with Gasteiger partial charge in [-0.2, -0.15) is 0 Å². The normalized spacial score (nSPS) is 23.0. The molecule has 4 rings (SSSR count). The van der Waals surface area contributed by atoms with E-state index in [-0.39, 0.29) is 17.6 Å². The third-order valence-electron chi connectivity index (χ3n) is 5.37. The molecule has 5 nitrogen and oxygen atoms in total. The lowest BCUT2D eigenvalue weighted by Crippen LogP contribution is -2.38. The van der Waals surface area contributed by atoms with Crippen molar-refractivity contribution in [2.45, 2.75) is 63.5 Å². The Morgan fingerprint density at radius 3 is 3.04 bits per heavy atom. The minimum absolute atomic E-state index is 0.0442. The number of aromatic amines is 1. The summed E-state index contributed by atoms with van der Waals surface area (Å²) in [6.07, 6.45) is 7.49. The molecule has 0 bridgehead atoms. The Morgan fingerprint density at radius 1 is 1.38 bits per heavy atom. The molecule has 1 aromatic heterocycles. The molecule has 128 valence electrons. The molecule has 24 heavy (non-hydrogen) atoms. The number of carbonyl (C=O) groups is 1. The van der Waals surface area contributed by atoms with E-state index in [0.29, 0.717) is 13.0 Å². The summed E-state index contributed by atoms with van der Waals surface area (Å²) in [7, 11) is 0. The highest BCUT2D eigenvalue weighted by Crippen LogP contribution is 2.39. The summed E-state index contributed by atoms with van der Waals surface area (Å²) in [4.78, 5) is 20.0. The fraction of sp³-hybridized carbons (Fsp3) is 0.579. The van der Waals surface area contributed by atoms with E-state index < -0.39 is 0 Å². The van der Waals surface area contributed by atoms with Gasteiger partial charge >= 0.3 is 0 Å². The van der Waals surface area contributed by atoms with Gasteiger partial charge in [-0.15, -0.1) is 0 Å². The smallest absolute Gasteiger partial charge is 0.224 e. The first-order valence-electron chi connectivity index (χ1n) is 9.01. The number of aryl methyl sites for hydroxylation is 1. The summed E-state index contributed by atoms with van der Waals surface area (Å²) in [5, 5.41) is 3.16. The number of aromatic nitrogens is 2. The topological polar surface area (TPSA) is 67.0 Å². The summed E-state index contributed by atoms with van der Waals surface area (Å²) in [6, 6.07) is 6.13. The van der Waals surface area contributed by atoms with Crippen molar-refractivity contribution in [1.29, 1.82) is 0 Å². The molecule has 1 amide bonds. The van der Waals surface area contributed by atoms with Crippen molar-refractivity contribution < 1.29 is 9.53 Å². The average Bonchev–Trinajstić information content (AvgIpc) is 3.10. The van der Waals surface area contributed by atoms with Gasteiger partial charge in [-0.05, 0) is 43.9 Å². The zero-order valence-corrected chi connectivity index (χ0v) is 14.2. The third-order valence-corrected chi connectivity index (χ3v) is 5.37. The van der Waals surface area contributed by atoms with Gasteiger partial charge in [-0.1, -0.05) is 25.3 Å². The van der Waals surface area contributed by atoms with Gasteiger partial charge in [0.15, 0.2) is 0 Å². The number of carbonyl (C=O) groups excluding carboxylic acids is 1. The lowest BCUT2D eigenvalue weighted by molar-refractivity contribution is -0.121. The molecule has 2 N–H and O–H groups in total. The van der Waals surface area contributed by atoms with E-state index in [0.717, 1.165) is 41.7 Å². The van der Waals surface area contributed by atoms with Gasteiger partial charge in [0.25, 0.3) is 0 Å². The van der Waals surface area contributed by atoms with E-state index >= 15 is 0 Å². The predicted molar refractivity (Wildman–Crippen MR) is 92.9 cm³/mol. The van der Waals surface area contributed by atoms with E-state index in [1.807, 2.05) is 25.1 Å². The summed E-state index contributed by atoms with van der Waals surface area (Å²) < 4.78 is 6.08. The molecule has 1 spiro atoms. The van der Waals surface area contributed by atoms with Crippen LogP contribution in [0.2, 0.25) is 0 Å². The lowest BCUT2D eigenvalue weighted by Gasteiger charge is -2.32. The van der Waals surface area contributed by atoms with Crippen LogP contribution in [-0.2, 0) is 16.0 Å². The molecule has 2 fully saturated rings. The van der Waals surface area contributed by atoms with Crippen LogP contribution in [0.15, 0.2) is 18.2 Å². The van der Waals surface area contributed by atoms with Gasteiger partial charge in [0.05, 0.1) is 35.7 Å². The van der Waals surface area contributed by atoms with Gasteiger partial charge in [-0.3, -0.25) is 4.79 Å². The van der Waals surface area contributed by atoms with E-state index in [2.05, 4.69) is 15.3 Å². The molecular formula is C19H25N3O2. The molecule has 2 aliphatic rings. The fourth-order valence-electron chi connectivity index (χ4n) is 4.24. The molecule has 2 aromatic rings. The summed E-state index contributed by atoms with van der Waals surface area (Å²) in [5.74, 6) is 0.972. The Kier molecular flexibility index (Phi) is 4.04. The van der Waals surface area contributed by atoms with Gasteiger partial charge in [0.1, 0.15) is 5.82 Å². The molecule has 1 aliphatic carbocycles. The van der Waals surface area contributed by atoms with E-state index in [9.17, 15) is 4.79 Å². The van der Waals surface area contributed by atoms with Crippen molar-refractivity contribution in [3.63, 3.8) is 0 Å². The number of amides is 1. The maximum absolute atomic E-state index is 12.4. The van der Waals surface area contributed by atoms with Crippen molar-refractivity contribution in [3.8, 4) is 0 Å². The second kappa shape index (κ2) is 6.20. The molecule has 1 saturated heterocycles. The molecule has 0 unspecified atom stereocenters. The van der Waals surface area contributed by atoms with Crippen LogP contribution in [0.25, 0.3) is 11.0 Å². The number of benzene rings is 1. The molecule has 1 aromatic carbocycles. The van der Waals surface area contributed by atoms with Crippen molar-refractivity contribution in [2.24, 2.45) is 0 Å². The van der Waals surface area contributed by atoms with Crippen LogP contribution in [0.4, 0.5) is 0 Å². The number of imidazole rings is 1. The highest BCUT2D eigenvalue weighted by molar-refractivity contribution is 5.82. The first kappa shape index (κ1) is 15.6. The first-order chi connectivity index (χ1) is 11.6. The minimum Gasteiger partial charge on any atom is -0.373 e. The molecular weight excluding hydrogens is 302 g/mol. The zero-order valence-electron chi connectivity index (χ0n) is 14.2. The second-order valence-corrected chi connectivity index (χ2v) is 7.37.